The Bertz CT molecular complexity index is 1020. The SMILES string of the molecule is CCOc1ccccc1-c1noc(C2CC(=O)N(c3ccc(F)cc3Cl)C2)n1. The number of nitrogens with zero attached hydrogens (tertiary/aromatic N) is 3. The summed E-state index contributed by atoms with van der Waals surface area (Å²) in [5, 5.41) is 4.24. The van der Waals surface area contributed by atoms with Crippen molar-refractivity contribution in [3.8, 4) is 17.1 Å². The molecule has 2 heterocycles. The highest BCUT2D eigenvalue weighted by Crippen LogP contribution is 2.36. The van der Waals surface area contributed by atoms with E-state index >= 15 is 0 Å². The van der Waals surface area contributed by atoms with Crippen LogP contribution in [0.4, 0.5) is 10.1 Å². The van der Waals surface area contributed by atoms with Crippen molar-refractivity contribution in [2.24, 2.45) is 0 Å². The number of aromatic nitrogens is 2. The number of rotatable bonds is 5. The molecule has 1 atom stereocenters. The number of carbonyl (C=O) groups excluding carboxylic acids is 1. The van der Waals surface area contributed by atoms with Gasteiger partial charge in [0.1, 0.15) is 11.6 Å². The molecule has 0 radical (unpaired) electrons. The van der Waals surface area contributed by atoms with Gasteiger partial charge in [-0.2, -0.15) is 4.98 Å². The molecule has 0 N–H and O–H groups in total. The van der Waals surface area contributed by atoms with E-state index < -0.39 is 5.82 Å². The van der Waals surface area contributed by atoms with Gasteiger partial charge in [-0.25, -0.2) is 4.39 Å². The molecule has 0 bridgehead atoms. The van der Waals surface area contributed by atoms with Crippen LogP contribution in [0.15, 0.2) is 47.0 Å². The van der Waals surface area contributed by atoms with Crippen LogP contribution in [-0.4, -0.2) is 29.2 Å². The molecular formula is C20H17ClFN3O3. The van der Waals surface area contributed by atoms with Crippen LogP contribution in [0.1, 0.15) is 25.2 Å². The molecule has 1 fully saturated rings. The zero-order valence-corrected chi connectivity index (χ0v) is 15.8. The van der Waals surface area contributed by atoms with E-state index in [-0.39, 0.29) is 23.3 Å². The van der Waals surface area contributed by atoms with E-state index in [1.54, 1.807) is 0 Å². The van der Waals surface area contributed by atoms with Gasteiger partial charge in [-0.1, -0.05) is 28.9 Å². The van der Waals surface area contributed by atoms with Crippen molar-refractivity contribution in [3.05, 3.63) is 59.2 Å². The fourth-order valence-electron chi connectivity index (χ4n) is 3.25. The molecule has 0 spiro atoms. The van der Waals surface area contributed by atoms with Crippen molar-refractivity contribution in [2.75, 3.05) is 18.1 Å². The predicted molar refractivity (Wildman–Crippen MR) is 102 cm³/mol. The molecule has 1 aliphatic heterocycles. The number of hydrogen-bond donors (Lipinski definition) is 0. The molecule has 0 aliphatic carbocycles. The summed E-state index contributed by atoms with van der Waals surface area (Å²) in [5.41, 5.74) is 1.19. The molecule has 4 rings (SSSR count). The summed E-state index contributed by atoms with van der Waals surface area (Å²) in [4.78, 5) is 18.5. The first-order chi connectivity index (χ1) is 13.6. The van der Waals surface area contributed by atoms with E-state index in [2.05, 4.69) is 10.1 Å². The molecule has 28 heavy (non-hydrogen) atoms. The van der Waals surface area contributed by atoms with Crippen LogP contribution in [0.2, 0.25) is 5.02 Å². The Morgan fingerprint density at radius 2 is 2.14 bits per heavy atom. The summed E-state index contributed by atoms with van der Waals surface area (Å²) < 4.78 is 24.3. The summed E-state index contributed by atoms with van der Waals surface area (Å²) >= 11 is 6.10. The van der Waals surface area contributed by atoms with Crippen LogP contribution in [0.25, 0.3) is 11.4 Å². The first kappa shape index (κ1) is 18.4. The fourth-order valence-corrected chi connectivity index (χ4v) is 3.52. The van der Waals surface area contributed by atoms with Crippen molar-refractivity contribution >= 4 is 23.2 Å². The van der Waals surface area contributed by atoms with Gasteiger partial charge in [-0.3, -0.25) is 4.79 Å². The molecule has 1 unspecified atom stereocenters. The number of carbonyl (C=O) groups is 1. The first-order valence-corrected chi connectivity index (χ1v) is 9.26. The van der Waals surface area contributed by atoms with E-state index in [4.69, 9.17) is 20.9 Å². The summed E-state index contributed by atoms with van der Waals surface area (Å²) in [6.45, 7) is 2.75. The Hall–Kier alpha value is -2.93. The lowest BCUT2D eigenvalue weighted by atomic mass is 10.1. The molecule has 0 saturated carbocycles. The van der Waals surface area contributed by atoms with Crippen molar-refractivity contribution in [2.45, 2.75) is 19.3 Å². The van der Waals surface area contributed by atoms with Gasteiger partial charge in [0.25, 0.3) is 0 Å². The van der Waals surface area contributed by atoms with E-state index in [0.717, 1.165) is 5.56 Å². The normalized spacial score (nSPS) is 16.6. The minimum Gasteiger partial charge on any atom is -0.493 e. The highest BCUT2D eigenvalue weighted by molar-refractivity contribution is 6.33. The maximum absolute atomic E-state index is 13.3. The first-order valence-electron chi connectivity index (χ1n) is 8.88. The van der Waals surface area contributed by atoms with Crippen molar-refractivity contribution in [3.63, 3.8) is 0 Å². The third-order valence-corrected chi connectivity index (χ3v) is 4.85. The second-order valence-electron chi connectivity index (χ2n) is 6.39. The Morgan fingerprint density at radius 1 is 1.32 bits per heavy atom. The third kappa shape index (κ3) is 3.45. The molecule has 1 saturated heterocycles. The van der Waals surface area contributed by atoms with Gasteiger partial charge in [-0.05, 0) is 37.3 Å². The number of halogens is 2. The van der Waals surface area contributed by atoms with Crippen LogP contribution in [0.5, 0.6) is 5.75 Å². The molecule has 3 aromatic rings. The molecule has 1 amide bonds. The average molecular weight is 402 g/mol. The maximum Gasteiger partial charge on any atom is 0.232 e. The zero-order valence-electron chi connectivity index (χ0n) is 15.1. The van der Waals surface area contributed by atoms with Crippen molar-refractivity contribution < 1.29 is 18.4 Å². The van der Waals surface area contributed by atoms with Crippen molar-refractivity contribution in [1.29, 1.82) is 0 Å². The van der Waals surface area contributed by atoms with E-state index in [9.17, 15) is 9.18 Å². The second-order valence-corrected chi connectivity index (χ2v) is 6.79. The lowest BCUT2D eigenvalue weighted by molar-refractivity contribution is -0.117. The maximum atomic E-state index is 13.3. The van der Waals surface area contributed by atoms with E-state index in [1.807, 2.05) is 31.2 Å². The van der Waals surface area contributed by atoms with Crippen LogP contribution >= 0.6 is 11.6 Å². The highest BCUT2D eigenvalue weighted by Gasteiger charge is 2.36. The minimum atomic E-state index is -0.452. The fraction of sp³-hybridized carbons (Fsp3) is 0.250. The van der Waals surface area contributed by atoms with Crippen LogP contribution < -0.4 is 9.64 Å². The van der Waals surface area contributed by atoms with Gasteiger partial charge in [0, 0.05) is 13.0 Å². The standard InChI is InChI=1S/C20H17ClFN3O3/c1-2-27-17-6-4-3-5-14(17)19-23-20(28-24-19)12-9-18(26)25(11-12)16-8-7-13(22)10-15(16)21/h3-8,10,12H,2,9,11H2,1H3. The summed E-state index contributed by atoms with van der Waals surface area (Å²) in [6, 6.07) is 11.4. The quantitative estimate of drug-likeness (QED) is 0.631. The number of benzene rings is 2. The molecule has 6 nitrogen and oxygen atoms in total. The van der Waals surface area contributed by atoms with Gasteiger partial charge in [0.15, 0.2) is 0 Å². The molecule has 144 valence electrons. The molecule has 1 aliphatic rings. The Kier molecular flexibility index (Phi) is 5.00. The van der Waals surface area contributed by atoms with Crippen molar-refractivity contribution in [1.82, 2.24) is 10.1 Å². The molecular weight excluding hydrogens is 385 g/mol. The highest BCUT2D eigenvalue weighted by atomic mass is 35.5. The van der Waals surface area contributed by atoms with Crippen LogP contribution in [0.3, 0.4) is 0 Å². The average Bonchev–Trinajstić information content (AvgIpc) is 3.30. The number of ether oxygens (including phenoxy) is 1. The number of anilines is 1. The largest absolute Gasteiger partial charge is 0.493 e. The van der Waals surface area contributed by atoms with Gasteiger partial charge < -0.3 is 14.2 Å². The molecule has 1 aromatic heterocycles. The second kappa shape index (κ2) is 7.59. The van der Waals surface area contributed by atoms with Gasteiger partial charge in [-0.15, -0.1) is 0 Å². The summed E-state index contributed by atoms with van der Waals surface area (Å²) in [5.74, 6) is 0.591. The summed E-state index contributed by atoms with van der Waals surface area (Å²) in [6.07, 6.45) is 0.211. The monoisotopic (exact) mass is 401 g/mol. The van der Waals surface area contributed by atoms with Gasteiger partial charge >= 0.3 is 0 Å². The number of amides is 1. The Balaban J connectivity index is 1.58. The number of hydrogen-bond acceptors (Lipinski definition) is 5. The Labute approximate surface area is 165 Å². The van der Waals surface area contributed by atoms with Gasteiger partial charge in [0.05, 0.1) is 28.8 Å². The molecule has 8 heteroatoms. The lowest BCUT2D eigenvalue weighted by Crippen LogP contribution is -2.24. The topological polar surface area (TPSA) is 68.5 Å². The predicted octanol–water partition coefficient (Wildman–Crippen LogP) is 4.45. The van der Waals surface area contributed by atoms with E-state index in [1.165, 1.54) is 23.1 Å². The Morgan fingerprint density at radius 3 is 2.93 bits per heavy atom. The minimum absolute atomic E-state index is 0.132. The van der Waals surface area contributed by atoms with Crippen LogP contribution in [-0.2, 0) is 4.79 Å². The smallest absolute Gasteiger partial charge is 0.232 e. The van der Waals surface area contributed by atoms with Crippen LogP contribution in [0, 0.1) is 5.82 Å². The number of para-hydroxylation sites is 1. The van der Waals surface area contributed by atoms with Gasteiger partial charge in [0.2, 0.25) is 17.6 Å². The lowest BCUT2D eigenvalue weighted by Gasteiger charge is -2.17. The summed E-state index contributed by atoms with van der Waals surface area (Å²) in [7, 11) is 0. The van der Waals surface area contributed by atoms with E-state index in [0.29, 0.717) is 36.3 Å². The molecule has 2 aromatic carbocycles. The zero-order chi connectivity index (χ0) is 19.7. The third-order valence-electron chi connectivity index (χ3n) is 4.54.